The minimum atomic E-state index is 0.719. The van der Waals surface area contributed by atoms with Gasteiger partial charge in [0.05, 0.1) is 12.2 Å². The van der Waals surface area contributed by atoms with Crippen molar-refractivity contribution in [3.05, 3.63) is 29.9 Å². The Hall–Kier alpha value is -1.69. The van der Waals surface area contributed by atoms with E-state index in [4.69, 9.17) is 0 Å². The van der Waals surface area contributed by atoms with Crippen LogP contribution in [-0.2, 0) is 19.6 Å². The van der Waals surface area contributed by atoms with Gasteiger partial charge in [-0.2, -0.15) is 5.10 Å². The van der Waals surface area contributed by atoms with E-state index < -0.39 is 0 Å². The highest BCUT2D eigenvalue weighted by Crippen LogP contribution is 2.08. The van der Waals surface area contributed by atoms with Gasteiger partial charge in [0.1, 0.15) is 18.0 Å². The third-order valence-electron chi connectivity index (χ3n) is 2.79. The Balaban J connectivity index is 2.26. The SMILES string of the molecule is CCn1ncnc1Cn1c(CNC)cnc1C. The molecule has 6 heteroatoms. The van der Waals surface area contributed by atoms with Gasteiger partial charge in [-0.1, -0.05) is 0 Å². The molecule has 0 aliphatic carbocycles. The molecule has 0 unspecified atom stereocenters. The molecule has 1 N–H and O–H groups in total. The second kappa shape index (κ2) is 5.09. The van der Waals surface area contributed by atoms with Crippen LogP contribution in [0.15, 0.2) is 12.5 Å². The number of imidazole rings is 1. The van der Waals surface area contributed by atoms with Crippen molar-refractivity contribution < 1.29 is 0 Å². The fraction of sp³-hybridized carbons (Fsp3) is 0.545. The van der Waals surface area contributed by atoms with Crippen LogP contribution >= 0.6 is 0 Å². The largest absolute Gasteiger partial charge is 0.323 e. The summed E-state index contributed by atoms with van der Waals surface area (Å²) in [5.74, 6) is 1.96. The molecular weight excluding hydrogens is 216 g/mol. The van der Waals surface area contributed by atoms with Gasteiger partial charge in [-0.3, -0.25) is 0 Å². The zero-order chi connectivity index (χ0) is 12.3. The van der Waals surface area contributed by atoms with E-state index in [0.717, 1.165) is 37.0 Å². The van der Waals surface area contributed by atoms with Crippen LogP contribution in [-0.4, -0.2) is 31.4 Å². The number of nitrogens with one attached hydrogen (secondary N) is 1. The predicted octanol–water partition coefficient (Wildman–Crippen LogP) is 0.571. The molecule has 92 valence electrons. The van der Waals surface area contributed by atoms with Gasteiger partial charge < -0.3 is 9.88 Å². The smallest absolute Gasteiger partial charge is 0.146 e. The summed E-state index contributed by atoms with van der Waals surface area (Å²) in [7, 11) is 1.93. The molecule has 0 aliphatic heterocycles. The van der Waals surface area contributed by atoms with Crippen LogP contribution in [0.5, 0.6) is 0 Å². The van der Waals surface area contributed by atoms with E-state index in [1.807, 2.05) is 24.9 Å². The Bertz CT molecular complexity index is 484. The molecule has 6 nitrogen and oxygen atoms in total. The molecule has 0 bridgehead atoms. The average Bonchev–Trinajstić information content (AvgIpc) is 2.90. The molecule has 0 aromatic carbocycles. The highest BCUT2D eigenvalue weighted by Gasteiger charge is 2.09. The molecule has 0 radical (unpaired) electrons. The molecule has 17 heavy (non-hydrogen) atoms. The van der Waals surface area contributed by atoms with Crippen LogP contribution in [0.4, 0.5) is 0 Å². The van der Waals surface area contributed by atoms with Gasteiger partial charge in [0.2, 0.25) is 0 Å². The summed E-state index contributed by atoms with van der Waals surface area (Å²) in [6, 6.07) is 0. The number of aromatic nitrogens is 5. The zero-order valence-corrected chi connectivity index (χ0v) is 10.5. The topological polar surface area (TPSA) is 60.6 Å². The first-order valence-electron chi connectivity index (χ1n) is 5.78. The van der Waals surface area contributed by atoms with Crippen molar-refractivity contribution in [2.24, 2.45) is 0 Å². The molecule has 0 fully saturated rings. The maximum Gasteiger partial charge on any atom is 0.146 e. The Morgan fingerprint density at radius 2 is 2.18 bits per heavy atom. The highest BCUT2D eigenvalue weighted by atomic mass is 15.3. The molecule has 0 saturated heterocycles. The summed E-state index contributed by atoms with van der Waals surface area (Å²) in [4.78, 5) is 8.62. The van der Waals surface area contributed by atoms with E-state index in [1.165, 1.54) is 0 Å². The van der Waals surface area contributed by atoms with E-state index in [-0.39, 0.29) is 0 Å². The first-order valence-corrected chi connectivity index (χ1v) is 5.78. The van der Waals surface area contributed by atoms with Crippen LogP contribution in [0.25, 0.3) is 0 Å². The van der Waals surface area contributed by atoms with E-state index >= 15 is 0 Å². The third kappa shape index (κ3) is 2.36. The second-order valence-electron chi connectivity index (χ2n) is 3.91. The zero-order valence-electron chi connectivity index (χ0n) is 10.5. The van der Waals surface area contributed by atoms with Crippen molar-refractivity contribution in [3.63, 3.8) is 0 Å². The fourth-order valence-corrected chi connectivity index (χ4v) is 1.87. The maximum absolute atomic E-state index is 4.34. The van der Waals surface area contributed by atoms with Crippen LogP contribution in [0, 0.1) is 6.92 Å². The first kappa shape index (κ1) is 11.8. The summed E-state index contributed by atoms with van der Waals surface area (Å²) in [5.41, 5.74) is 1.16. The molecule has 2 rings (SSSR count). The number of nitrogens with zero attached hydrogens (tertiary/aromatic N) is 5. The molecule has 2 heterocycles. The van der Waals surface area contributed by atoms with Crippen LogP contribution in [0.2, 0.25) is 0 Å². The Morgan fingerprint density at radius 1 is 1.35 bits per heavy atom. The quantitative estimate of drug-likeness (QED) is 0.821. The molecule has 0 atom stereocenters. The van der Waals surface area contributed by atoms with Gasteiger partial charge in [0.15, 0.2) is 0 Å². The lowest BCUT2D eigenvalue weighted by atomic mass is 10.4. The van der Waals surface area contributed by atoms with Gasteiger partial charge >= 0.3 is 0 Å². The first-order chi connectivity index (χ1) is 8.26. The minimum absolute atomic E-state index is 0.719. The average molecular weight is 234 g/mol. The number of rotatable bonds is 5. The monoisotopic (exact) mass is 234 g/mol. The maximum atomic E-state index is 4.34. The Morgan fingerprint density at radius 3 is 2.88 bits per heavy atom. The van der Waals surface area contributed by atoms with Crippen LogP contribution < -0.4 is 5.32 Å². The Labute approximate surface area is 101 Å². The fourth-order valence-electron chi connectivity index (χ4n) is 1.87. The molecule has 0 aliphatic rings. The molecule has 0 spiro atoms. The second-order valence-corrected chi connectivity index (χ2v) is 3.91. The normalized spacial score (nSPS) is 11.0. The summed E-state index contributed by atoms with van der Waals surface area (Å²) in [6.45, 7) is 6.43. The lowest BCUT2D eigenvalue weighted by molar-refractivity contribution is 0.573. The van der Waals surface area contributed by atoms with Crippen LogP contribution in [0.3, 0.4) is 0 Å². The summed E-state index contributed by atoms with van der Waals surface area (Å²) >= 11 is 0. The van der Waals surface area contributed by atoms with Crippen molar-refractivity contribution in [1.82, 2.24) is 29.6 Å². The van der Waals surface area contributed by atoms with Gasteiger partial charge in [0.25, 0.3) is 0 Å². The van der Waals surface area contributed by atoms with E-state index in [9.17, 15) is 0 Å². The van der Waals surface area contributed by atoms with E-state index in [2.05, 4.69) is 31.9 Å². The number of hydrogen-bond donors (Lipinski definition) is 1. The molecule has 2 aromatic heterocycles. The molecule has 2 aromatic rings. The van der Waals surface area contributed by atoms with Crippen molar-refractivity contribution >= 4 is 0 Å². The number of aryl methyl sites for hydroxylation is 2. The van der Waals surface area contributed by atoms with Gasteiger partial charge in [-0.15, -0.1) is 0 Å². The van der Waals surface area contributed by atoms with Crippen molar-refractivity contribution in [2.75, 3.05) is 7.05 Å². The van der Waals surface area contributed by atoms with E-state index in [0.29, 0.717) is 0 Å². The standard InChI is InChI=1S/C11H18N6/c1-4-17-11(14-8-15-17)7-16-9(2)13-6-10(16)5-12-3/h6,8,12H,4-5,7H2,1-3H3. The van der Waals surface area contributed by atoms with Crippen LogP contribution in [0.1, 0.15) is 24.3 Å². The summed E-state index contributed by atoms with van der Waals surface area (Å²) < 4.78 is 4.06. The van der Waals surface area contributed by atoms with Crippen molar-refractivity contribution in [1.29, 1.82) is 0 Å². The van der Waals surface area contributed by atoms with E-state index in [1.54, 1.807) is 6.33 Å². The predicted molar refractivity (Wildman–Crippen MR) is 64.5 cm³/mol. The van der Waals surface area contributed by atoms with Crippen molar-refractivity contribution in [2.45, 2.75) is 33.5 Å². The summed E-state index contributed by atoms with van der Waals surface area (Å²) in [6.07, 6.45) is 3.50. The van der Waals surface area contributed by atoms with Gasteiger partial charge in [-0.25, -0.2) is 14.6 Å². The third-order valence-corrected chi connectivity index (χ3v) is 2.79. The number of hydrogen-bond acceptors (Lipinski definition) is 4. The molecular formula is C11H18N6. The Kier molecular flexibility index (Phi) is 3.53. The minimum Gasteiger partial charge on any atom is -0.323 e. The van der Waals surface area contributed by atoms with Gasteiger partial charge in [0, 0.05) is 19.3 Å². The molecule has 0 amide bonds. The highest BCUT2D eigenvalue weighted by molar-refractivity contribution is 5.06. The summed E-state index contributed by atoms with van der Waals surface area (Å²) in [5, 5.41) is 7.32. The van der Waals surface area contributed by atoms with Gasteiger partial charge in [-0.05, 0) is 20.9 Å². The molecule has 0 saturated carbocycles. The van der Waals surface area contributed by atoms with Crippen molar-refractivity contribution in [3.8, 4) is 0 Å². The lowest BCUT2D eigenvalue weighted by Crippen LogP contribution is -2.15. The lowest BCUT2D eigenvalue weighted by Gasteiger charge is -2.10.